The summed E-state index contributed by atoms with van der Waals surface area (Å²) in [5.41, 5.74) is 0.508. The maximum atomic E-state index is 12.5. The molecule has 2 aromatic carbocycles. The molecule has 1 amide bonds. The minimum absolute atomic E-state index is 0.198. The summed E-state index contributed by atoms with van der Waals surface area (Å²) in [7, 11) is 0. The van der Waals surface area contributed by atoms with Crippen LogP contribution in [0.15, 0.2) is 42.5 Å². The van der Waals surface area contributed by atoms with Gasteiger partial charge in [-0.25, -0.2) is 0 Å². The van der Waals surface area contributed by atoms with Gasteiger partial charge in [0.1, 0.15) is 12.7 Å². The second kappa shape index (κ2) is 8.47. The van der Waals surface area contributed by atoms with E-state index in [9.17, 15) is 4.79 Å². The van der Waals surface area contributed by atoms with E-state index in [1.54, 1.807) is 18.2 Å². The van der Waals surface area contributed by atoms with Gasteiger partial charge in [-0.3, -0.25) is 4.79 Å². The van der Waals surface area contributed by atoms with Crippen LogP contribution in [0.2, 0.25) is 0 Å². The molecule has 1 atom stereocenters. The van der Waals surface area contributed by atoms with E-state index >= 15 is 0 Å². The summed E-state index contributed by atoms with van der Waals surface area (Å²) in [6, 6.07) is 12.7. The van der Waals surface area contributed by atoms with E-state index in [2.05, 4.69) is 5.32 Å². The number of nitrogens with one attached hydrogen (secondary N) is 1. The fourth-order valence-corrected chi connectivity index (χ4v) is 2.66. The normalized spacial score (nSPS) is 15.2. The van der Waals surface area contributed by atoms with Crippen molar-refractivity contribution in [2.45, 2.75) is 20.0 Å². The van der Waals surface area contributed by atoms with E-state index in [-0.39, 0.29) is 12.0 Å². The van der Waals surface area contributed by atoms with Crippen molar-refractivity contribution in [2.75, 3.05) is 26.4 Å². The number of amides is 1. The molecule has 6 nitrogen and oxygen atoms in total. The van der Waals surface area contributed by atoms with Crippen LogP contribution in [0, 0.1) is 0 Å². The Morgan fingerprint density at radius 3 is 2.58 bits per heavy atom. The number of ether oxygens (including phenoxy) is 4. The summed E-state index contributed by atoms with van der Waals surface area (Å²) in [4.78, 5) is 12.5. The second-order valence-electron chi connectivity index (χ2n) is 5.74. The number of benzene rings is 2. The summed E-state index contributed by atoms with van der Waals surface area (Å²) in [6.45, 7) is 5.57. The van der Waals surface area contributed by atoms with E-state index in [0.29, 0.717) is 49.2 Å². The molecule has 0 radical (unpaired) electrons. The molecule has 0 aromatic heterocycles. The third kappa shape index (κ3) is 4.20. The average Bonchev–Trinajstić information content (AvgIpc) is 2.67. The molecule has 6 heteroatoms. The Labute approximate surface area is 153 Å². The number of hydrogen-bond acceptors (Lipinski definition) is 5. The van der Waals surface area contributed by atoms with E-state index in [4.69, 9.17) is 18.9 Å². The van der Waals surface area contributed by atoms with Gasteiger partial charge in [-0.1, -0.05) is 12.1 Å². The maximum Gasteiger partial charge on any atom is 0.251 e. The molecule has 3 rings (SSSR count). The quantitative estimate of drug-likeness (QED) is 0.825. The van der Waals surface area contributed by atoms with Gasteiger partial charge in [0, 0.05) is 5.56 Å². The van der Waals surface area contributed by atoms with Gasteiger partial charge in [-0.15, -0.1) is 0 Å². The number of carbonyl (C=O) groups excluding carboxylic acids is 1. The molecule has 0 fully saturated rings. The van der Waals surface area contributed by atoms with Crippen LogP contribution in [-0.4, -0.2) is 38.4 Å². The van der Waals surface area contributed by atoms with Crippen LogP contribution < -0.4 is 24.3 Å². The molecule has 1 unspecified atom stereocenters. The van der Waals surface area contributed by atoms with E-state index < -0.39 is 0 Å². The van der Waals surface area contributed by atoms with Crippen molar-refractivity contribution in [3.63, 3.8) is 0 Å². The summed E-state index contributed by atoms with van der Waals surface area (Å²) >= 11 is 0. The minimum Gasteiger partial charge on any atom is -0.490 e. The molecule has 138 valence electrons. The lowest BCUT2D eigenvalue weighted by Crippen LogP contribution is -2.40. The highest BCUT2D eigenvalue weighted by molar-refractivity contribution is 5.94. The van der Waals surface area contributed by atoms with Gasteiger partial charge in [0.2, 0.25) is 0 Å². The van der Waals surface area contributed by atoms with Crippen molar-refractivity contribution in [1.29, 1.82) is 0 Å². The van der Waals surface area contributed by atoms with E-state index in [1.165, 1.54) is 0 Å². The first kappa shape index (κ1) is 17.9. The lowest BCUT2D eigenvalue weighted by Gasteiger charge is -2.26. The Bertz CT molecular complexity index is 762. The Morgan fingerprint density at radius 2 is 1.81 bits per heavy atom. The average molecular weight is 357 g/mol. The van der Waals surface area contributed by atoms with Gasteiger partial charge in [0.25, 0.3) is 5.91 Å². The molecule has 0 saturated carbocycles. The molecule has 1 aliphatic heterocycles. The van der Waals surface area contributed by atoms with Gasteiger partial charge in [0.05, 0.1) is 19.8 Å². The van der Waals surface area contributed by atoms with Crippen LogP contribution in [0.3, 0.4) is 0 Å². The summed E-state index contributed by atoms with van der Waals surface area (Å²) < 4.78 is 22.6. The third-order valence-corrected chi connectivity index (χ3v) is 3.86. The van der Waals surface area contributed by atoms with Crippen LogP contribution in [0.5, 0.6) is 23.0 Å². The van der Waals surface area contributed by atoms with Crippen LogP contribution in [-0.2, 0) is 0 Å². The zero-order chi connectivity index (χ0) is 18.4. The molecule has 0 spiro atoms. The molecule has 26 heavy (non-hydrogen) atoms. The smallest absolute Gasteiger partial charge is 0.251 e. The highest BCUT2D eigenvalue weighted by Crippen LogP contribution is 2.31. The Kier molecular flexibility index (Phi) is 5.84. The SMILES string of the molecule is CCOc1ccc(C(=O)NCC2COc3ccccc3O2)cc1OCC. The van der Waals surface area contributed by atoms with Gasteiger partial charge >= 0.3 is 0 Å². The first-order chi connectivity index (χ1) is 12.7. The summed E-state index contributed by atoms with van der Waals surface area (Å²) in [5.74, 6) is 2.41. The zero-order valence-corrected chi connectivity index (χ0v) is 15.0. The molecule has 1 N–H and O–H groups in total. The van der Waals surface area contributed by atoms with Crippen LogP contribution >= 0.6 is 0 Å². The molecule has 1 aliphatic rings. The minimum atomic E-state index is -0.233. The van der Waals surface area contributed by atoms with Gasteiger partial charge < -0.3 is 24.3 Å². The number of para-hydroxylation sites is 2. The first-order valence-corrected chi connectivity index (χ1v) is 8.77. The predicted molar refractivity (Wildman–Crippen MR) is 97.5 cm³/mol. The fraction of sp³-hybridized carbons (Fsp3) is 0.350. The number of hydrogen-bond donors (Lipinski definition) is 1. The molecule has 0 saturated heterocycles. The van der Waals surface area contributed by atoms with E-state index in [1.807, 2.05) is 38.1 Å². The van der Waals surface area contributed by atoms with Gasteiger partial charge in [-0.2, -0.15) is 0 Å². The Hall–Kier alpha value is -2.89. The van der Waals surface area contributed by atoms with Crippen molar-refractivity contribution in [3.8, 4) is 23.0 Å². The number of rotatable bonds is 7. The Balaban J connectivity index is 1.61. The van der Waals surface area contributed by atoms with Crippen LogP contribution in [0.4, 0.5) is 0 Å². The second-order valence-corrected chi connectivity index (χ2v) is 5.74. The Morgan fingerprint density at radius 1 is 1.08 bits per heavy atom. The third-order valence-electron chi connectivity index (χ3n) is 3.86. The molecule has 0 aliphatic carbocycles. The number of fused-ring (bicyclic) bond motifs is 1. The van der Waals surface area contributed by atoms with Gasteiger partial charge in [-0.05, 0) is 44.2 Å². The van der Waals surface area contributed by atoms with Crippen molar-refractivity contribution in [3.05, 3.63) is 48.0 Å². The lowest BCUT2D eigenvalue weighted by molar-refractivity contribution is 0.0789. The molecular weight excluding hydrogens is 334 g/mol. The van der Waals surface area contributed by atoms with Gasteiger partial charge in [0.15, 0.2) is 23.0 Å². The predicted octanol–water partition coefficient (Wildman–Crippen LogP) is 3.05. The molecule has 0 bridgehead atoms. The molecule has 2 aromatic rings. The highest BCUT2D eigenvalue weighted by Gasteiger charge is 2.21. The standard InChI is InChI=1S/C20H23NO5/c1-3-23-17-10-9-14(11-19(17)24-4-2)20(22)21-12-15-13-25-16-7-5-6-8-18(16)26-15/h5-11,15H,3-4,12-13H2,1-2H3,(H,21,22). The topological polar surface area (TPSA) is 66.0 Å². The molecular formula is C20H23NO5. The largest absolute Gasteiger partial charge is 0.490 e. The number of carbonyl (C=O) groups is 1. The highest BCUT2D eigenvalue weighted by atomic mass is 16.6. The first-order valence-electron chi connectivity index (χ1n) is 8.77. The molecule has 1 heterocycles. The van der Waals surface area contributed by atoms with Crippen molar-refractivity contribution < 1.29 is 23.7 Å². The van der Waals surface area contributed by atoms with Crippen LogP contribution in [0.25, 0.3) is 0 Å². The van der Waals surface area contributed by atoms with Crippen molar-refractivity contribution >= 4 is 5.91 Å². The fourth-order valence-electron chi connectivity index (χ4n) is 2.66. The van der Waals surface area contributed by atoms with Crippen molar-refractivity contribution in [2.24, 2.45) is 0 Å². The van der Waals surface area contributed by atoms with E-state index in [0.717, 1.165) is 5.75 Å². The lowest BCUT2D eigenvalue weighted by atomic mass is 10.2. The summed E-state index contributed by atoms with van der Waals surface area (Å²) in [6.07, 6.45) is -0.233. The van der Waals surface area contributed by atoms with Crippen LogP contribution in [0.1, 0.15) is 24.2 Å². The summed E-state index contributed by atoms with van der Waals surface area (Å²) in [5, 5.41) is 2.88. The van der Waals surface area contributed by atoms with Crippen molar-refractivity contribution in [1.82, 2.24) is 5.32 Å². The zero-order valence-electron chi connectivity index (χ0n) is 15.0. The maximum absolute atomic E-state index is 12.5. The monoisotopic (exact) mass is 357 g/mol.